The quantitative estimate of drug-likeness (QED) is 0.306. The molecule has 0 saturated carbocycles. The van der Waals surface area contributed by atoms with Crippen molar-refractivity contribution in [3.8, 4) is 0 Å². The smallest absolute Gasteiger partial charge is 0.329 e. The molecule has 0 aliphatic carbocycles. The normalized spacial score (nSPS) is 10.2. The third-order valence-corrected chi connectivity index (χ3v) is 2.21. The van der Waals surface area contributed by atoms with Gasteiger partial charge in [-0.15, -0.1) is 0 Å². The van der Waals surface area contributed by atoms with Crippen LogP contribution < -0.4 is 16.2 Å². The van der Waals surface area contributed by atoms with Crippen molar-refractivity contribution >= 4 is 17.5 Å². The van der Waals surface area contributed by atoms with Crippen LogP contribution >= 0.6 is 0 Å². The fraction of sp³-hybridized carbons (Fsp3) is 0.556. The Labute approximate surface area is 104 Å². The molecule has 100 valence electrons. The lowest BCUT2D eigenvalue weighted by molar-refractivity contribution is -0.384. The zero-order chi connectivity index (χ0) is 13.5. The maximum absolute atomic E-state index is 10.9. The summed E-state index contributed by atoms with van der Waals surface area (Å²) >= 11 is 0. The van der Waals surface area contributed by atoms with Gasteiger partial charge in [0.15, 0.2) is 0 Å². The molecule has 0 aromatic carbocycles. The molecule has 0 radical (unpaired) electrons. The van der Waals surface area contributed by atoms with Crippen LogP contribution in [0.2, 0.25) is 0 Å². The Kier molecular flexibility index (Phi) is 5.21. The molecule has 3 N–H and O–H groups in total. The van der Waals surface area contributed by atoms with Gasteiger partial charge in [0, 0.05) is 20.2 Å². The topological polar surface area (TPSA) is 119 Å². The highest BCUT2D eigenvalue weighted by Crippen LogP contribution is 2.24. The van der Waals surface area contributed by atoms with Gasteiger partial charge in [0.05, 0.1) is 11.5 Å². The maximum Gasteiger partial charge on any atom is 0.329 e. The zero-order valence-electron chi connectivity index (χ0n) is 10.3. The first-order chi connectivity index (χ1) is 8.60. The second kappa shape index (κ2) is 6.67. The van der Waals surface area contributed by atoms with E-state index in [1.54, 1.807) is 11.9 Å². The Morgan fingerprint density at radius 1 is 1.67 bits per heavy atom. The molecule has 18 heavy (non-hydrogen) atoms. The Morgan fingerprint density at radius 3 is 2.94 bits per heavy atom. The Balaban J connectivity index is 2.92. The number of nitrogens with zero attached hydrogens (tertiary/aromatic N) is 4. The molecule has 1 aromatic heterocycles. The molecule has 0 unspecified atom stereocenters. The summed E-state index contributed by atoms with van der Waals surface area (Å²) in [6.45, 7) is 3.41. The first kappa shape index (κ1) is 14.1. The van der Waals surface area contributed by atoms with Gasteiger partial charge in [-0.25, -0.2) is 10.8 Å². The van der Waals surface area contributed by atoms with E-state index >= 15 is 0 Å². The molecule has 0 spiro atoms. The SMILES string of the molecule is CCOCCN(C)c1nc(NN)ncc1[N+](=O)[O-]. The van der Waals surface area contributed by atoms with Crippen LogP contribution in [0.5, 0.6) is 0 Å². The number of nitrogen functional groups attached to an aromatic ring is 1. The Morgan fingerprint density at radius 2 is 2.39 bits per heavy atom. The van der Waals surface area contributed by atoms with E-state index in [9.17, 15) is 10.1 Å². The number of ether oxygens (including phenoxy) is 1. The van der Waals surface area contributed by atoms with Crippen LogP contribution in [0.1, 0.15) is 6.92 Å². The molecule has 0 saturated heterocycles. The van der Waals surface area contributed by atoms with Crippen LogP contribution in [0.25, 0.3) is 0 Å². The minimum Gasteiger partial charge on any atom is -0.380 e. The summed E-state index contributed by atoms with van der Waals surface area (Å²) in [5.41, 5.74) is 2.08. The van der Waals surface area contributed by atoms with Crippen molar-refractivity contribution in [2.45, 2.75) is 6.92 Å². The lowest BCUT2D eigenvalue weighted by atomic mass is 10.4. The van der Waals surface area contributed by atoms with Crippen LogP contribution in [0, 0.1) is 10.1 Å². The van der Waals surface area contributed by atoms with Crippen molar-refractivity contribution in [1.29, 1.82) is 0 Å². The predicted octanol–water partition coefficient (Wildman–Crippen LogP) is 0.143. The lowest BCUT2D eigenvalue weighted by Gasteiger charge is -2.17. The molecular formula is C9H16N6O3. The Bertz CT molecular complexity index is 413. The highest BCUT2D eigenvalue weighted by atomic mass is 16.6. The van der Waals surface area contributed by atoms with Gasteiger partial charge < -0.3 is 9.64 Å². The van der Waals surface area contributed by atoms with Gasteiger partial charge in [-0.3, -0.25) is 15.5 Å². The number of hydrogen-bond acceptors (Lipinski definition) is 8. The summed E-state index contributed by atoms with van der Waals surface area (Å²) in [6.07, 6.45) is 1.12. The zero-order valence-corrected chi connectivity index (χ0v) is 10.3. The average molecular weight is 256 g/mol. The second-order valence-electron chi connectivity index (χ2n) is 3.42. The van der Waals surface area contributed by atoms with Gasteiger partial charge in [-0.2, -0.15) is 4.98 Å². The molecule has 0 aliphatic heterocycles. The highest BCUT2D eigenvalue weighted by molar-refractivity contribution is 5.58. The summed E-state index contributed by atoms with van der Waals surface area (Å²) in [5, 5.41) is 10.9. The summed E-state index contributed by atoms with van der Waals surface area (Å²) in [6, 6.07) is 0. The predicted molar refractivity (Wildman–Crippen MR) is 66.3 cm³/mol. The van der Waals surface area contributed by atoms with Crippen molar-refractivity contribution in [1.82, 2.24) is 9.97 Å². The first-order valence-corrected chi connectivity index (χ1v) is 5.37. The average Bonchev–Trinajstić information content (AvgIpc) is 2.38. The second-order valence-corrected chi connectivity index (χ2v) is 3.42. The van der Waals surface area contributed by atoms with Gasteiger partial charge in [0.2, 0.25) is 11.8 Å². The minimum absolute atomic E-state index is 0.124. The molecule has 9 heteroatoms. The van der Waals surface area contributed by atoms with Crippen LogP contribution in [0.15, 0.2) is 6.20 Å². The summed E-state index contributed by atoms with van der Waals surface area (Å²) in [5.74, 6) is 5.50. The number of nitrogens with two attached hydrogens (primary N) is 1. The standard InChI is InChI=1S/C9H16N6O3/c1-3-18-5-4-14(2)8-7(15(16)17)6-11-9(12-8)13-10/h6H,3-5,10H2,1-2H3,(H,11,12,13). The van der Waals surface area contributed by atoms with E-state index in [1.807, 2.05) is 6.92 Å². The van der Waals surface area contributed by atoms with Gasteiger partial charge >= 0.3 is 5.69 Å². The van der Waals surface area contributed by atoms with E-state index in [0.29, 0.717) is 19.8 Å². The molecule has 0 fully saturated rings. The van der Waals surface area contributed by atoms with Crippen LogP contribution in [-0.4, -0.2) is 41.7 Å². The number of rotatable bonds is 7. The molecule has 0 aliphatic rings. The van der Waals surface area contributed by atoms with E-state index in [0.717, 1.165) is 6.20 Å². The highest BCUT2D eigenvalue weighted by Gasteiger charge is 2.20. The van der Waals surface area contributed by atoms with E-state index in [2.05, 4.69) is 15.4 Å². The first-order valence-electron chi connectivity index (χ1n) is 5.37. The molecule has 9 nitrogen and oxygen atoms in total. The molecule has 0 bridgehead atoms. The minimum atomic E-state index is -0.535. The fourth-order valence-electron chi connectivity index (χ4n) is 1.30. The molecule has 1 aromatic rings. The molecule has 1 rings (SSSR count). The third-order valence-electron chi connectivity index (χ3n) is 2.21. The third kappa shape index (κ3) is 3.50. The summed E-state index contributed by atoms with van der Waals surface area (Å²) < 4.78 is 5.19. The van der Waals surface area contributed by atoms with Crippen molar-refractivity contribution in [3.05, 3.63) is 16.3 Å². The maximum atomic E-state index is 10.9. The van der Waals surface area contributed by atoms with E-state index in [1.165, 1.54) is 0 Å². The number of hydrazine groups is 1. The number of nitrogens with one attached hydrogen (secondary N) is 1. The fourth-order valence-corrected chi connectivity index (χ4v) is 1.30. The molecule has 1 heterocycles. The number of hydrogen-bond donors (Lipinski definition) is 2. The number of aromatic nitrogens is 2. The van der Waals surface area contributed by atoms with E-state index < -0.39 is 4.92 Å². The largest absolute Gasteiger partial charge is 0.380 e. The van der Waals surface area contributed by atoms with Crippen molar-refractivity contribution < 1.29 is 9.66 Å². The van der Waals surface area contributed by atoms with Gasteiger partial charge in [0.1, 0.15) is 6.20 Å². The molecular weight excluding hydrogens is 240 g/mol. The number of nitro groups is 1. The van der Waals surface area contributed by atoms with Crippen molar-refractivity contribution in [2.24, 2.45) is 5.84 Å². The summed E-state index contributed by atoms with van der Waals surface area (Å²) in [4.78, 5) is 19.6. The van der Waals surface area contributed by atoms with Crippen LogP contribution in [0.4, 0.5) is 17.5 Å². The van der Waals surface area contributed by atoms with E-state index in [-0.39, 0.29) is 17.5 Å². The molecule has 0 atom stereocenters. The van der Waals surface area contributed by atoms with E-state index in [4.69, 9.17) is 10.6 Å². The molecule has 0 amide bonds. The van der Waals surface area contributed by atoms with Gasteiger partial charge in [0.25, 0.3) is 0 Å². The lowest BCUT2D eigenvalue weighted by Crippen LogP contribution is -2.25. The Hall–Kier alpha value is -2.00. The number of likely N-dealkylation sites (N-methyl/N-ethyl adjacent to an activating group) is 1. The van der Waals surface area contributed by atoms with Gasteiger partial charge in [-0.05, 0) is 6.92 Å². The van der Waals surface area contributed by atoms with Crippen molar-refractivity contribution in [2.75, 3.05) is 37.1 Å². The van der Waals surface area contributed by atoms with Crippen molar-refractivity contribution in [3.63, 3.8) is 0 Å². The van der Waals surface area contributed by atoms with Gasteiger partial charge in [-0.1, -0.05) is 0 Å². The summed E-state index contributed by atoms with van der Waals surface area (Å²) in [7, 11) is 1.69. The van der Waals surface area contributed by atoms with Crippen LogP contribution in [0.3, 0.4) is 0 Å². The monoisotopic (exact) mass is 256 g/mol. The number of anilines is 2. The van der Waals surface area contributed by atoms with Crippen LogP contribution in [-0.2, 0) is 4.74 Å².